The van der Waals surface area contributed by atoms with E-state index >= 15 is 0 Å². The van der Waals surface area contributed by atoms with Gasteiger partial charge in [-0.15, -0.1) is 0 Å². The van der Waals surface area contributed by atoms with Gasteiger partial charge in [0.05, 0.1) is 17.6 Å². The summed E-state index contributed by atoms with van der Waals surface area (Å²) in [5, 5.41) is 14.1. The maximum absolute atomic E-state index is 10.4. The van der Waals surface area contributed by atoms with E-state index in [4.69, 9.17) is 10.7 Å². The number of aromatic hydroxyl groups is 1. The third-order valence-corrected chi connectivity index (χ3v) is 5.42. The van der Waals surface area contributed by atoms with Gasteiger partial charge in [0.25, 0.3) is 0 Å². The molecule has 0 radical (unpaired) electrons. The Morgan fingerprint density at radius 1 is 1.14 bits per heavy atom. The Morgan fingerprint density at radius 3 is 2.71 bits per heavy atom. The van der Waals surface area contributed by atoms with Crippen molar-refractivity contribution in [2.75, 3.05) is 26.2 Å². The van der Waals surface area contributed by atoms with Crippen LogP contribution in [0, 0.1) is 6.92 Å². The number of aryl methyl sites for hydroxylation is 1. The van der Waals surface area contributed by atoms with Gasteiger partial charge in [-0.2, -0.15) is 0 Å². The number of para-hydroxylation sites is 2. The van der Waals surface area contributed by atoms with Crippen LogP contribution in [0.25, 0.3) is 16.9 Å². The Hall–Kier alpha value is -2.48. The number of pyridine rings is 1. The number of aromatic nitrogens is 3. The van der Waals surface area contributed by atoms with Gasteiger partial charge in [-0.1, -0.05) is 12.1 Å². The minimum Gasteiger partial charge on any atom is -0.504 e. The number of likely N-dealkylation sites (tertiary alicyclic amines) is 1. The molecule has 148 valence electrons. The number of piperidine rings is 1. The standard InChI is InChI=1S/C21H28N6O/c1-15-6-7-19(28)21(24-15)27-18-5-3-2-4-17(18)25-20(27)14-23-16-8-11-26(12-9-16)13-10-22/h2-7,16,23,28H,8-14,22H2,1H3. The Balaban J connectivity index is 1.58. The van der Waals surface area contributed by atoms with Gasteiger partial charge in [0.1, 0.15) is 5.82 Å². The third kappa shape index (κ3) is 3.87. The van der Waals surface area contributed by atoms with Crippen molar-refractivity contribution in [2.45, 2.75) is 32.4 Å². The minimum absolute atomic E-state index is 0.157. The molecule has 0 saturated carbocycles. The number of nitrogens with two attached hydrogens (primary N) is 1. The van der Waals surface area contributed by atoms with E-state index < -0.39 is 0 Å². The molecular formula is C21H28N6O. The lowest BCUT2D eigenvalue weighted by Crippen LogP contribution is -2.43. The fourth-order valence-electron chi connectivity index (χ4n) is 3.91. The number of hydrogen-bond acceptors (Lipinski definition) is 6. The molecule has 28 heavy (non-hydrogen) atoms. The average Bonchev–Trinajstić information content (AvgIpc) is 3.08. The molecule has 0 bridgehead atoms. The van der Waals surface area contributed by atoms with E-state index in [1.807, 2.05) is 41.8 Å². The highest BCUT2D eigenvalue weighted by Gasteiger charge is 2.21. The largest absolute Gasteiger partial charge is 0.504 e. The lowest BCUT2D eigenvalue weighted by molar-refractivity contribution is 0.201. The molecule has 0 aliphatic carbocycles. The number of rotatable bonds is 6. The van der Waals surface area contributed by atoms with Gasteiger partial charge in [0.15, 0.2) is 11.6 Å². The van der Waals surface area contributed by atoms with E-state index in [0.717, 1.165) is 61.6 Å². The molecule has 4 rings (SSSR count). The van der Waals surface area contributed by atoms with E-state index in [0.29, 0.717) is 18.4 Å². The van der Waals surface area contributed by atoms with Crippen LogP contribution in [-0.4, -0.2) is 56.8 Å². The summed E-state index contributed by atoms with van der Waals surface area (Å²) < 4.78 is 1.97. The van der Waals surface area contributed by atoms with Crippen LogP contribution >= 0.6 is 0 Å². The first-order chi connectivity index (χ1) is 13.7. The van der Waals surface area contributed by atoms with Crippen LogP contribution in [0.5, 0.6) is 5.75 Å². The van der Waals surface area contributed by atoms with Crippen molar-refractivity contribution >= 4 is 11.0 Å². The third-order valence-electron chi connectivity index (χ3n) is 5.42. The van der Waals surface area contributed by atoms with Gasteiger partial charge >= 0.3 is 0 Å². The number of hydrogen-bond donors (Lipinski definition) is 3. The number of benzene rings is 1. The predicted octanol–water partition coefficient (Wildman–Crippen LogP) is 1.95. The molecule has 1 saturated heterocycles. The first-order valence-electron chi connectivity index (χ1n) is 9.95. The van der Waals surface area contributed by atoms with E-state index in [-0.39, 0.29) is 5.75 Å². The van der Waals surface area contributed by atoms with E-state index in [1.54, 1.807) is 6.07 Å². The van der Waals surface area contributed by atoms with Crippen molar-refractivity contribution in [3.05, 3.63) is 47.9 Å². The molecule has 0 unspecified atom stereocenters. The van der Waals surface area contributed by atoms with Crippen LogP contribution < -0.4 is 11.1 Å². The zero-order valence-electron chi connectivity index (χ0n) is 16.3. The molecular weight excluding hydrogens is 352 g/mol. The van der Waals surface area contributed by atoms with Crippen molar-refractivity contribution in [1.29, 1.82) is 0 Å². The molecule has 0 atom stereocenters. The van der Waals surface area contributed by atoms with E-state index in [9.17, 15) is 5.11 Å². The summed E-state index contributed by atoms with van der Waals surface area (Å²) in [5.41, 5.74) is 8.38. The zero-order valence-corrected chi connectivity index (χ0v) is 16.3. The smallest absolute Gasteiger partial charge is 0.181 e. The summed E-state index contributed by atoms with van der Waals surface area (Å²) in [4.78, 5) is 11.8. The molecule has 2 aromatic heterocycles. The molecule has 4 N–H and O–H groups in total. The van der Waals surface area contributed by atoms with Crippen molar-refractivity contribution < 1.29 is 5.11 Å². The van der Waals surface area contributed by atoms with Crippen LogP contribution in [-0.2, 0) is 6.54 Å². The molecule has 3 heterocycles. The van der Waals surface area contributed by atoms with Gasteiger partial charge in [-0.25, -0.2) is 9.97 Å². The Labute approximate surface area is 165 Å². The lowest BCUT2D eigenvalue weighted by Gasteiger charge is -2.32. The predicted molar refractivity (Wildman–Crippen MR) is 111 cm³/mol. The van der Waals surface area contributed by atoms with E-state index in [2.05, 4.69) is 15.2 Å². The lowest BCUT2D eigenvalue weighted by atomic mass is 10.1. The second-order valence-corrected chi connectivity index (χ2v) is 7.43. The van der Waals surface area contributed by atoms with Crippen molar-refractivity contribution in [3.63, 3.8) is 0 Å². The maximum atomic E-state index is 10.4. The highest BCUT2D eigenvalue weighted by atomic mass is 16.3. The summed E-state index contributed by atoms with van der Waals surface area (Å²) in [5.74, 6) is 1.55. The second kappa shape index (κ2) is 8.26. The molecule has 1 aliphatic rings. The zero-order chi connectivity index (χ0) is 19.5. The fraction of sp³-hybridized carbons (Fsp3) is 0.429. The SMILES string of the molecule is Cc1ccc(O)c(-n2c(CNC3CCN(CCN)CC3)nc3ccccc32)n1. The number of imidazole rings is 1. The Kier molecular flexibility index (Phi) is 5.57. The van der Waals surface area contributed by atoms with Crippen LogP contribution in [0.4, 0.5) is 0 Å². The summed E-state index contributed by atoms with van der Waals surface area (Å²) in [6, 6.07) is 11.9. The fourth-order valence-corrected chi connectivity index (χ4v) is 3.91. The first kappa shape index (κ1) is 18.9. The van der Waals surface area contributed by atoms with Crippen LogP contribution in [0.1, 0.15) is 24.4 Å². The number of fused-ring (bicyclic) bond motifs is 1. The second-order valence-electron chi connectivity index (χ2n) is 7.43. The molecule has 0 amide bonds. The number of nitrogens with one attached hydrogen (secondary N) is 1. The van der Waals surface area contributed by atoms with Crippen molar-refractivity contribution in [2.24, 2.45) is 5.73 Å². The Morgan fingerprint density at radius 2 is 1.93 bits per heavy atom. The minimum atomic E-state index is 0.157. The quantitative estimate of drug-likeness (QED) is 0.605. The molecule has 1 aromatic carbocycles. The molecule has 1 aliphatic heterocycles. The van der Waals surface area contributed by atoms with Gasteiger partial charge in [0, 0.05) is 24.8 Å². The monoisotopic (exact) mass is 380 g/mol. The van der Waals surface area contributed by atoms with Crippen molar-refractivity contribution in [3.8, 4) is 11.6 Å². The highest BCUT2D eigenvalue weighted by Crippen LogP contribution is 2.26. The summed E-state index contributed by atoms with van der Waals surface area (Å²) in [6.45, 7) is 6.40. The molecule has 7 heteroatoms. The van der Waals surface area contributed by atoms with E-state index in [1.165, 1.54) is 0 Å². The summed E-state index contributed by atoms with van der Waals surface area (Å²) in [6.07, 6.45) is 2.21. The van der Waals surface area contributed by atoms with Gasteiger partial charge in [0.2, 0.25) is 0 Å². The molecule has 3 aromatic rings. The Bertz CT molecular complexity index is 945. The van der Waals surface area contributed by atoms with Crippen LogP contribution in [0.2, 0.25) is 0 Å². The van der Waals surface area contributed by atoms with Crippen LogP contribution in [0.15, 0.2) is 36.4 Å². The van der Waals surface area contributed by atoms with Gasteiger partial charge in [-0.3, -0.25) is 4.57 Å². The maximum Gasteiger partial charge on any atom is 0.181 e. The summed E-state index contributed by atoms with van der Waals surface area (Å²) >= 11 is 0. The number of nitrogens with zero attached hydrogens (tertiary/aromatic N) is 4. The molecule has 7 nitrogen and oxygen atoms in total. The molecule has 1 fully saturated rings. The van der Waals surface area contributed by atoms with Gasteiger partial charge in [-0.05, 0) is 57.1 Å². The van der Waals surface area contributed by atoms with Crippen LogP contribution in [0.3, 0.4) is 0 Å². The van der Waals surface area contributed by atoms with Crippen molar-refractivity contribution in [1.82, 2.24) is 24.8 Å². The molecule has 0 spiro atoms. The average molecular weight is 380 g/mol. The topological polar surface area (TPSA) is 92.2 Å². The normalized spacial score (nSPS) is 16.1. The highest BCUT2D eigenvalue weighted by molar-refractivity contribution is 5.78. The first-order valence-corrected chi connectivity index (χ1v) is 9.95. The summed E-state index contributed by atoms with van der Waals surface area (Å²) in [7, 11) is 0. The van der Waals surface area contributed by atoms with Gasteiger partial charge < -0.3 is 21.1 Å².